The maximum absolute atomic E-state index is 14.3. The second kappa shape index (κ2) is 29.2. The van der Waals surface area contributed by atoms with Gasteiger partial charge in [-0.1, -0.05) is 0 Å². The van der Waals surface area contributed by atoms with Crippen molar-refractivity contribution in [3.63, 3.8) is 0 Å². The van der Waals surface area contributed by atoms with E-state index in [-0.39, 0.29) is 76.8 Å². The van der Waals surface area contributed by atoms with Crippen LogP contribution in [0.3, 0.4) is 0 Å². The molecule has 2 saturated heterocycles. The second-order valence-electron chi connectivity index (χ2n) is 14.2. The fourth-order valence-corrected chi connectivity index (χ4v) is 8.35. The monoisotopic (exact) mass is 1610 g/mol. The van der Waals surface area contributed by atoms with Crippen LogP contribution < -0.4 is 32.0 Å². The van der Waals surface area contributed by atoms with Crippen LogP contribution in [-0.4, -0.2) is 148 Å². The number of nitrogens with two attached hydrogens (primary N) is 3. The topological polar surface area (TPSA) is 287 Å². The number of hydrogen-bond donors (Lipinski definition) is 4. The predicted molar refractivity (Wildman–Crippen MR) is 258 cm³/mol. The van der Waals surface area contributed by atoms with E-state index in [2.05, 4.69) is 64.3 Å². The van der Waals surface area contributed by atoms with E-state index in [9.17, 15) is 44.0 Å². The molecule has 4 heterocycles. The van der Waals surface area contributed by atoms with Crippen molar-refractivity contribution in [2.24, 2.45) is 5.73 Å². The fourth-order valence-electron chi connectivity index (χ4n) is 6.50. The quantitative estimate of drug-likeness (QED) is 0.0674. The number of halogens is 7. The third kappa shape index (κ3) is 17.3. The van der Waals surface area contributed by atoms with Gasteiger partial charge >= 0.3 is 70.2 Å². The van der Waals surface area contributed by atoms with Crippen molar-refractivity contribution in [2.45, 2.75) is 37.1 Å². The van der Waals surface area contributed by atoms with Gasteiger partial charge in [-0.25, -0.2) is 49.3 Å². The van der Waals surface area contributed by atoms with E-state index in [4.69, 9.17) is 47.7 Å². The Morgan fingerprint density at radius 2 is 1.14 bits per heavy atom. The number of rotatable bonds is 12. The van der Waals surface area contributed by atoms with Crippen LogP contribution in [0.1, 0.15) is 44.7 Å². The molecule has 0 aliphatic carbocycles. The molecule has 0 amide bonds. The van der Waals surface area contributed by atoms with Gasteiger partial charge < -0.3 is 41.5 Å². The average molecular weight is 1610 g/mol. The summed E-state index contributed by atoms with van der Waals surface area (Å²) < 4.78 is 124. The van der Waals surface area contributed by atoms with E-state index < -0.39 is 72.1 Å². The van der Waals surface area contributed by atoms with Gasteiger partial charge in [0.25, 0.3) is 0 Å². The molecule has 2 aromatic carbocycles. The molecule has 7 N–H and O–H groups in total. The Kier molecular flexibility index (Phi) is 26.5. The summed E-state index contributed by atoms with van der Waals surface area (Å²) in [7, 11) is -0.991. The molecule has 31 heteroatoms. The zero-order chi connectivity index (χ0) is 52.6. The third-order valence-electron chi connectivity index (χ3n) is 10.1. The summed E-state index contributed by atoms with van der Waals surface area (Å²) in [6, 6.07) is 3.60. The molecule has 384 valence electrons. The number of sulfonamides is 2. The molecule has 2 aliphatic heterocycles. The number of hydrogen-bond acceptors (Lipinski definition) is 18. The number of ketones is 2. The standard InChI is InChI=1S/C19H23F2N5O5S.C12H8ClF2N3O2.C7H16N2O3S.2HI.2Re/c1-30-13-5-4-11(20)16(21)15(13)17(27)10-8-23-19(25-18(10)22)24-12-6-7-26(32(3,28)29)9-14(12)31-2;1-20-7-3-2-6(14)9(15)8(7)10(19)5-4-17-12(13)18-11(5)16;1-12-7-5-9(13(2,10)11)4-3-6(7)8;;;;/h4-5,8,12,14H,6-7,9H2,1-3H3,(H3,22,23,24,25);2-4H,1H3,(H2,16,17,18);6-7H,3-5,8H2,1-2H3;2*1H;;/q;;;;;2*+1/p-2/t12-,14-;;6-,7-;;;;/m1.1..../s1. The number of anilines is 3. The van der Waals surface area contributed by atoms with Gasteiger partial charge in [0.15, 0.2) is 23.3 Å². The molecule has 69 heavy (non-hydrogen) atoms. The number of carbonyl (C=O) groups excluding carboxylic acids is 2. The second-order valence-corrected chi connectivity index (χ2v) is 18.6. The van der Waals surface area contributed by atoms with Gasteiger partial charge in [-0.2, -0.15) is 13.6 Å². The third-order valence-corrected chi connectivity index (χ3v) is 12.8. The number of aromatic nitrogens is 4. The Balaban J connectivity index is 0.000000376. The molecular formula is C38H47ClF4I2N10O10Re2S2. The number of carbonyl (C=O) groups is 2. The maximum atomic E-state index is 14.3. The zero-order valence-corrected chi connectivity index (χ0v) is 49.4. The number of nitrogen functional groups attached to an aromatic ring is 2. The molecule has 2 fully saturated rings. The molecule has 2 aromatic heterocycles. The van der Waals surface area contributed by atoms with Crippen LogP contribution >= 0.6 is 50.6 Å². The molecule has 6 rings (SSSR count). The summed E-state index contributed by atoms with van der Waals surface area (Å²) in [4.78, 5) is 40.3. The van der Waals surface area contributed by atoms with Crippen LogP contribution in [0, 0.1) is 23.3 Å². The van der Waals surface area contributed by atoms with Gasteiger partial charge in [-0.05, 0) is 48.7 Å². The van der Waals surface area contributed by atoms with E-state index in [0.717, 1.165) is 42.9 Å². The van der Waals surface area contributed by atoms with E-state index in [1.807, 2.05) is 0 Å². The number of nitrogens with zero attached hydrogens (tertiary/aromatic N) is 6. The van der Waals surface area contributed by atoms with E-state index in [1.165, 1.54) is 36.2 Å². The Hall–Kier alpha value is -2.57. The van der Waals surface area contributed by atoms with Crippen molar-refractivity contribution < 1.29 is 94.1 Å². The van der Waals surface area contributed by atoms with Gasteiger partial charge in [0.2, 0.25) is 42.8 Å². The van der Waals surface area contributed by atoms with E-state index in [0.29, 0.717) is 25.9 Å². The van der Waals surface area contributed by atoms with Crippen molar-refractivity contribution in [3.8, 4) is 11.5 Å². The van der Waals surface area contributed by atoms with Crippen molar-refractivity contribution in [2.75, 3.05) is 83.9 Å². The molecular weight excluding hydrogens is 1560 g/mol. The summed E-state index contributed by atoms with van der Waals surface area (Å²) >= 11 is 13.3. The zero-order valence-electron chi connectivity index (χ0n) is 37.2. The van der Waals surface area contributed by atoms with E-state index in [1.54, 1.807) is 38.3 Å². The van der Waals surface area contributed by atoms with Gasteiger partial charge in [-0.15, -0.1) is 0 Å². The Bertz CT molecular complexity index is 2630. The first-order valence-electron chi connectivity index (χ1n) is 19.3. The summed E-state index contributed by atoms with van der Waals surface area (Å²) in [6.07, 6.45) is 4.90. The van der Waals surface area contributed by atoms with Crippen LogP contribution in [0.4, 0.5) is 35.1 Å². The van der Waals surface area contributed by atoms with Crippen LogP contribution in [-0.2, 0) is 60.7 Å². The predicted octanol–water partition coefficient (Wildman–Crippen LogP) is 4.03. The molecule has 0 saturated carbocycles. The molecule has 20 nitrogen and oxygen atoms in total. The Labute approximate surface area is 444 Å². The number of nitrogens with one attached hydrogen (secondary N) is 1. The Morgan fingerprint density at radius 3 is 1.55 bits per heavy atom. The van der Waals surface area contributed by atoms with Gasteiger partial charge in [0, 0.05) is 58.8 Å². The van der Waals surface area contributed by atoms with Crippen molar-refractivity contribution in [1.82, 2.24) is 28.5 Å². The first-order valence-corrected chi connectivity index (χ1v) is 38.7. The van der Waals surface area contributed by atoms with Gasteiger partial charge in [0.1, 0.15) is 34.3 Å². The van der Waals surface area contributed by atoms with Crippen LogP contribution in [0.25, 0.3) is 0 Å². The number of piperidine rings is 2. The minimum atomic E-state index is -3.36. The molecule has 0 bridgehead atoms. The fraction of sp³-hybridized carbons (Fsp3) is 0.421. The van der Waals surface area contributed by atoms with Crippen molar-refractivity contribution >= 4 is 99.8 Å². The Morgan fingerprint density at radius 1 is 0.725 bits per heavy atom. The molecule has 4 aromatic rings. The number of ether oxygens (including phenoxy) is 4. The summed E-state index contributed by atoms with van der Waals surface area (Å²) in [6.45, 7) is 1.30. The summed E-state index contributed by atoms with van der Waals surface area (Å²) in [5, 5.41) is 2.86. The molecule has 0 radical (unpaired) electrons. The summed E-state index contributed by atoms with van der Waals surface area (Å²) in [5.41, 5.74) is 15.6. The molecule has 4 atom stereocenters. The van der Waals surface area contributed by atoms with Crippen LogP contribution in [0.5, 0.6) is 11.5 Å². The van der Waals surface area contributed by atoms with Crippen LogP contribution in [0.15, 0.2) is 36.7 Å². The van der Waals surface area contributed by atoms with Crippen molar-refractivity contribution in [1.29, 1.82) is 0 Å². The number of benzene rings is 2. The van der Waals surface area contributed by atoms with E-state index >= 15 is 0 Å². The van der Waals surface area contributed by atoms with Gasteiger partial charge in [0.05, 0.1) is 56.1 Å². The van der Waals surface area contributed by atoms with Gasteiger partial charge in [-0.3, -0.25) is 9.59 Å². The van der Waals surface area contributed by atoms with Crippen LogP contribution in [0.2, 0.25) is 5.28 Å². The summed E-state index contributed by atoms with van der Waals surface area (Å²) in [5.74, 6) is -7.60. The average Bonchev–Trinajstić information content (AvgIpc) is 3.31. The molecule has 0 unspecified atom stereocenters. The normalized spacial score (nSPS) is 18.3. The first kappa shape index (κ1) is 62.6. The van der Waals surface area contributed by atoms with Crippen molar-refractivity contribution in [3.05, 3.63) is 87.5 Å². The minimum absolute atomic E-state index is 0.0528. The molecule has 2 aliphatic rings. The SMILES string of the molecule is CO[C@@H]1CN(S(C)(=O)=O)CC[C@H]1N.COc1ccc(F)c(F)c1C(=O)c1cnc(Cl)nc1N.COc1ccc(F)c(F)c1C(=O)c1cnc(N[C@@H]2CCN(S(C)(=O)=O)C[C@H]2OC)nc1N.[I][Re].[I][Re]. The molecule has 0 spiro atoms. The first-order chi connectivity index (χ1) is 32.5. The number of methoxy groups -OCH3 is 4.